The van der Waals surface area contributed by atoms with E-state index < -0.39 is 0 Å². The molecule has 0 aliphatic carbocycles. The summed E-state index contributed by atoms with van der Waals surface area (Å²) in [5.41, 5.74) is 1.02. The van der Waals surface area contributed by atoms with Gasteiger partial charge in [-0.2, -0.15) is 5.26 Å². The highest BCUT2D eigenvalue weighted by atomic mass is 14.9. The van der Waals surface area contributed by atoms with Gasteiger partial charge >= 0.3 is 0 Å². The number of hydrogen-bond donors (Lipinski definition) is 1. The van der Waals surface area contributed by atoms with E-state index in [9.17, 15) is 0 Å². The van der Waals surface area contributed by atoms with Gasteiger partial charge in [0.1, 0.15) is 0 Å². The highest BCUT2D eigenvalue weighted by Gasteiger charge is 1.87. The summed E-state index contributed by atoms with van der Waals surface area (Å²) < 4.78 is 0. The summed E-state index contributed by atoms with van der Waals surface area (Å²) in [4.78, 5) is 0. The number of rotatable bonds is 6. The second kappa shape index (κ2) is 7.14. The number of hydrogen-bond acceptors (Lipinski definition) is 2. The van der Waals surface area contributed by atoms with Gasteiger partial charge in [-0.3, -0.25) is 0 Å². The van der Waals surface area contributed by atoms with Gasteiger partial charge in [0, 0.05) is 18.7 Å². The van der Waals surface area contributed by atoms with Gasteiger partial charge in [0.2, 0.25) is 0 Å². The van der Waals surface area contributed by atoms with Crippen LogP contribution >= 0.6 is 0 Å². The van der Waals surface area contributed by atoms with Crippen LogP contribution in [0.4, 0.5) is 0 Å². The summed E-state index contributed by atoms with van der Waals surface area (Å²) in [6.07, 6.45) is 3.98. The van der Waals surface area contributed by atoms with Crippen LogP contribution in [0.5, 0.6) is 0 Å². The van der Waals surface area contributed by atoms with Crippen molar-refractivity contribution < 1.29 is 0 Å². The molecule has 0 radical (unpaired) electrons. The highest BCUT2D eigenvalue weighted by molar-refractivity contribution is 4.83. The number of nitriles is 1. The predicted molar refractivity (Wildman–Crippen MR) is 46.9 cm³/mol. The summed E-state index contributed by atoms with van der Waals surface area (Å²) in [7, 11) is 0. The normalized spacial score (nSPS) is 8.73. The molecule has 2 nitrogen and oxygen atoms in total. The lowest BCUT2D eigenvalue weighted by Gasteiger charge is -2.02. The van der Waals surface area contributed by atoms with E-state index in [1.165, 1.54) is 0 Å². The standard InChI is InChI=1S/C9H16N2/c1-9(2)11-8-6-4-3-5-7-10/h11H,1,3-6,8H2,2H3. The lowest BCUT2D eigenvalue weighted by Crippen LogP contribution is -2.11. The van der Waals surface area contributed by atoms with E-state index >= 15 is 0 Å². The lowest BCUT2D eigenvalue weighted by molar-refractivity contribution is 0.651. The van der Waals surface area contributed by atoms with Crippen molar-refractivity contribution >= 4 is 0 Å². The van der Waals surface area contributed by atoms with Crippen LogP contribution in [0.2, 0.25) is 0 Å². The van der Waals surface area contributed by atoms with Gasteiger partial charge in [-0.15, -0.1) is 0 Å². The van der Waals surface area contributed by atoms with E-state index in [1.807, 2.05) is 6.92 Å². The van der Waals surface area contributed by atoms with Gasteiger partial charge in [0.25, 0.3) is 0 Å². The Bertz CT molecular complexity index is 144. The average molecular weight is 152 g/mol. The fraction of sp³-hybridized carbons (Fsp3) is 0.667. The molecule has 0 rings (SSSR count). The average Bonchev–Trinajstić information content (AvgIpc) is 1.96. The van der Waals surface area contributed by atoms with E-state index in [2.05, 4.69) is 18.0 Å². The summed E-state index contributed by atoms with van der Waals surface area (Å²) in [6.45, 7) is 6.67. The van der Waals surface area contributed by atoms with Crippen LogP contribution in [0.25, 0.3) is 0 Å². The first-order valence-corrected chi connectivity index (χ1v) is 4.03. The molecule has 2 heteroatoms. The first kappa shape index (κ1) is 10.0. The Labute approximate surface area is 68.9 Å². The van der Waals surface area contributed by atoms with Crippen LogP contribution in [-0.2, 0) is 0 Å². The fourth-order valence-corrected chi connectivity index (χ4v) is 0.808. The minimum Gasteiger partial charge on any atom is -0.389 e. The van der Waals surface area contributed by atoms with Crippen LogP contribution in [0.3, 0.4) is 0 Å². The molecule has 11 heavy (non-hydrogen) atoms. The third kappa shape index (κ3) is 9.03. The molecule has 0 amide bonds. The Morgan fingerprint density at radius 3 is 2.73 bits per heavy atom. The Balaban J connectivity index is 2.92. The third-order valence-corrected chi connectivity index (χ3v) is 1.39. The maximum atomic E-state index is 8.23. The zero-order valence-electron chi connectivity index (χ0n) is 7.19. The van der Waals surface area contributed by atoms with Crippen molar-refractivity contribution in [2.75, 3.05) is 6.54 Å². The van der Waals surface area contributed by atoms with Gasteiger partial charge in [0.15, 0.2) is 0 Å². The Morgan fingerprint density at radius 1 is 1.45 bits per heavy atom. The van der Waals surface area contributed by atoms with Crippen LogP contribution in [0.1, 0.15) is 32.6 Å². The zero-order chi connectivity index (χ0) is 8.53. The topological polar surface area (TPSA) is 35.8 Å². The molecule has 0 saturated carbocycles. The van der Waals surface area contributed by atoms with Gasteiger partial charge < -0.3 is 5.32 Å². The largest absolute Gasteiger partial charge is 0.389 e. The maximum Gasteiger partial charge on any atom is 0.0621 e. The molecular formula is C9H16N2. The monoisotopic (exact) mass is 152 g/mol. The first-order chi connectivity index (χ1) is 5.27. The molecule has 62 valence electrons. The molecular weight excluding hydrogens is 136 g/mol. The SMILES string of the molecule is C=C(C)NCCCCCC#N. The molecule has 0 heterocycles. The van der Waals surface area contributed by atoms with Crippen molar-refractivity contribution in [2.24, 2.45) is 0 Å². The van der Waals surface area contributed by atoms with E-state index in [1.54, 1.807) is 0 Å². The van der Waals surface area contributed by atoms with Crippen LogP contribution in [-0.4, -0.2) is 6.54 Å². The molecule has 0 aliphatic rings. The van der Waals surface area contributed by atoms with E-state index in [0.29, 0.717) is 6.42 Å². The molecule has 0 aromatic rings. The second-order valence-electron chi connectivity index (χ2n) is 2.68. The first-order valence-electron chi connectivity index (χ1n) is 4.03. The number of nitrogens with one attached hydrogen (secondary N) is 1. The third-order valence-electron chi connectivity index (χ3n) is 1.39. The molecule has 0 aliphatic heterocycles. The van der Waals surface area contributed by atoms with Crippen LogP contribution < -0.4 is 5.32 Å². The summed E-state index contributed by atoms with van der Waals surface area (Å²) in [5, 5.41) is 11.4. The predicted octanol–water partition coefficient (Wildman–Crippen LogP) is 2.19. The van der Waals surface area contributed by atoms with Crippen molar-refractivity contribution in [1.82, 2.24) is 5.32 Å². The minimum absolute atomic E-state index is 0.688. The van der Waals surface area contributed by atoms with Crippen molar-refractivity contribution in [3.63, 3.8) is 0 Å². The van der Waals surface area contributed by atoms with Crippen molar-refractivity contribution in [3.8, 4) is 6.07 Å². The van der Waals surface area contributed by atoms with Gasteiger partial charge in [-0.05, 0) is 19.8 Å². The summed E-state index contributed by atoms with van der Waals surface area (Å²) >= 11 is 0. The van der Waals surface area contributed by atoms with Crippen LogP contribution in [0, 0.1) is 11.3 Å². The van der Waals surface area contributed by atoms with Crippen molar-refractivity contribution in [1.29, 1.82) is 5.26 Å². The molecule has 0 bridgehead atoms. The molecule has 0 aromatic carbocycles. The Hall–Kier alpha value is -0.970. The molecule has 0 spiro atoms. The van der Waals surface area contributed by atoms with Crippen LogP contribution in [0.15, 0.2) is 12.3 Å². The molecule has 0 aromatic heterocycles. The number of nitrogens with zero attached hydrogens (tertiary/aromatic N) is 1. The van der Waals surface area contributed by atoms with Crippen molar-refractivity contribution in [2.45, 2.75) is 32.6 Å². The van der Waals surface area contributed by atoms with E-state index in [4.69, 9.17) is 5.26 Å². The molecule has 0 atom stereocenters. The van der Waals surface area contributed by atoms with Gasteiger partial charge in [-0.25, -0.2) is 0 Å². The quantitative estimate of drug-likeness (QED) is 0.592. The number of allylic oxidation sites excluding steroid dienone is 1. The molecule has 0 fully saturated rings. The van der Waals surface area contributed by atoms with Crippen molar-refractivity contribution in [3.05, 3.63) is 12.3 Å². The second-order valence-corrected chi connectivity index (χ2v) is 2.68. The maximum absolute atomic E-state index is 8.23. The van der Waals surface area contributed by atoms with Gasteiger partial charge in [0.05, 0.1) is 6.07 Å². The summed E-state index contributed by atoms with van der Waals surface area (Å²) in [6, 6.07) is 2.13. The number of unbranched alkanes of at least 4 members (excludes halogenated alkanes) is 3. The zero-order valence-corrected chi connectivity index (χ0v) is 7.19. The van der Waals surface area contributed by atoms with E-state index in [-0.39, 0.29) is 0 Å². The molecule has 0 saturated heterocycles. The lowest BCUT2D eigenvalue weighted by atomic mass is 10.2. The molecule has 1 N–H and O–H groups in total. The Kier molecular flexibility index (Phi) is 6.51. The Morgan fingerprint density at radius 2 is 2.18 bits per heavy atom. The minimum atomic E-state index is 0.688. The summed E-state index contributed by atoms with van der Waals surface area (Å²) in [5.74, 6) is 0. The highest BCUT2D eigenvalue weighted by Crippen LogP contribution is 1.97. The molecule has 0 unspecified atom stereocenters. The fourth-order valence-electron chi connectivity index (χ4n) is 0.808. The smallest absolute Gasteiger partial charge is 0.0621 e. The van der Waals surface area contributed by atoms with Gasteiger partial charge in [-0.1, -0.05) is 13.0 Å². The van der Waals surface area contributed by atoms with E-state index in [0.717, 1.165) is 31.5 Å².